The summed E-state index contributed by atoms with van der Waals surface area (Å²) >= 11 is 0. The van der Waals surface area contributed by atoms with Crippen LogP contribution in [0.1, 0.15) is 310 Å². The van der Waals surface area contributed by atoms with Gasteiger partial charge >= 0.3 is 17.9 Å². The van der Waals surface area contributed by atoms with Crippen LogP contribution in [0.5, 0.6) is 0 Å². The molecule has 0 aliphatic carbocycles. The largest absolute Gasteiger partial charge is 0.462 e. The molecule has 6 nitrogen and oxygen atoms in total. The number of hydrogen-bond acceptors (Lipinski definition) is 6. The SMILES string of the molecule is CC/C=C\C/C=C\C/C=C\C/C=C\C/C=C\CCCCCCCCCC(=O)OCC(COC(=O)CCCCCCCCCC)OC(=O)CCCCCCCCCCCCC/C=C\CCCCCCCCCC. The van der Waals surface area contributed by atoms with Gasteiger partial charge in [-0.15, -0.1) is 0 Å². The Morgan fingerprint density at radius 3 is 0.861 bits per heavy atom. The molecular weight excluding hydrogens is 889 g/mol. The molecule has 0 spiro atoms. The van der Waals surface area contributed by atoms with Gasteiger partial charge in [0.05, 0.1) is 0 Å². The van der Waals surface area contributed by atoms with Gasteiger partial charge in [-0.2, -0.15) is 0 Å². The molecule has 0 radical (unpaired) electrons. The average Bonchev–Trinajstić information content (AvgIpc) is 3.38. The van der Waals surface area contributed by atoms with Gasteiger partial charge in [0, 0.05) is 19.3 Å². The van der Waals surface area contributed by atoms with Crippen molar-refractivity contribution in [1.82, 2.24) is 0 Å². The molecule has 0 fully saturated rings. The molecule has 0 heterocycles. The monoisotopic (exact) mass is 1000 g/mol. The highest BCUT2D eigenvalue weighted by Crippen LogP contribution is 2.16. The molecule has 0 rings (SSSR count). The molecule has 0 aromatic carbocycles. The lowest BCUT2D eigenvalue weighted by atomic mass is 10.0. The van der Waals surface area contributed by atoms with Crippen LogP contribution < -0.4 is 0 Å². The van der Waals surface area contributed by atoms with Gasteiger partial charge in [0.15, 0.2) is 6.10 Å². The van der Waals surface area contributed by atoms with Crippen LogP contribution in [0.15, 0.2) is 72.9 Å². The first-order valence-electron chi connectivity index (χ1n) is 30.9. The fourth-order valence-corrected chi connectivity index (χ4v) is 8.82. The zero-order chi connectivity index (χ0) is 52.2. The standard InChI is InChI=1S/C66H116O6/c1-4-7-10-13-16-19-21-23-25-27-29-31-33-35-37-39-41-43-45-47-50-53-56-59-65(68)71-62-63(61-70-64(67)58-55-52-49-18-15-12-9-6-3)72-66(69)60-57-54-51-48-46-44-42-40-38-36-34-32-30-28-26-24-22-20-17-14-11-8-5-2/h7,10,16,19,23,25,28-31,35,37,63H,4-6,8-9,11-15,17-18,20-22,24,26-27,32-34,36,38-62H2,1-3H3/b10-7-,19-16-,25-23-,30-28-,31-29-,37-35-. The quantitative estimate of drug-likeness (QED) is 0.0261. The van der Waals surface area contributed by atoms with E-state index < -0.39 is 6.10 Å². The van der Waals surface area contributed by atoms with E-state index in [0.29, 0.717) is 19.3 Å². The third-order valence-corrected chi connectivity index (χ3v) is 13.4. The van der Waals surface area contributed by atoms with Crippen molar-refractivity contribution in [2.75, 3.05) is 13.2 Å². The number of unbranched alkanes of at least 4 members (excludes halogenated alkanes) is 33. The minimum absolute atomic E-state index is 0.0770. The molecule has 0 saturated carbocycles. The smallest absolute Gasteiger partial charge is 0.306 e. The number of allylic oxidation sites excluding steroid dienone is 12. The molecule has 0 aromatic rings. The molecule has 1 unspecified atom stereocenters. The van der Waals surface area contributed by atoms with Crippen LogP contribution in [0.2, 0.25) is 0 Å². The van der Waals surface area contributed by atoms with Crippen LogP contribution in [0, 0.1) is 0 Å². The van der Waals surface area contributed by atoms with Gasteiger partial charge in [0.2, 0.25) is 0 Å². The van der Waals surface area contributed by atoms with Crippen molar-refractivity contribution in [3.05, 3.63) is 72.9 Å². The fraction of sp³-hybridized carbons (Fsp3) is 0.773. The van der Waals surface area contributed by atoms with Gasteiger partial charge in [-0.05, 0) is 89.9 Å². The summed E-state index contributed by atoms with van der Waals surface area (Å²) in [6.07, 6.45) is 77.8. The van der Waals surface area contributed by atoms with Crippen LogP contribution in [-0.4, -0.2) is 37.2 Å². The van der Waals surface area contributed by atoms with E-state index in [1.165, 1.54) is 173 Å². The molecule has 0 aliphatic heterocycles. The number of carbonyl (C=O) groups is 3. The maximum absolute atomic E-state index is 12.9. The third kappa shape index (κ3) is 57.7. The molecule has 0 amide bonds. The van der Waals surface area contributed by atoms with Gasteiger partial charge in [-0.25, -0.2) is 0 Å². The Balaban J connectivity index is 4.21. The van der Waals surface area contributed by atoms with E-state index in [1.807, 2.05) is 0 Å². The highest BCUT2D eigenvalue weighted by Gasteiger charge is 2.19. The van der Waals surface area contributed by atoms with Crippen molar-refractivity contribution < 1.29 is 28.6 Å². The fourth-order valence-electron chi connectivity index (χ4n) is 8.82. The minimum Gasteiger partial charge on any atom is -0.462 e. The lowest BCUT2D eigenvalue weighted by Crippen LogP contribution is -2.30. The molecule has 0 aliphatic rings. The van der Waals surface area contributed by atoms with Gasteiger partial charge in [0.1, 0.15) is 13.2 Å². The molecule has 0 N–H and O–H groups in total. The molecule has 6 heteroatoms. The van der Waals surface area contributed by atoms with Crippen molar-refractivity contribution in [2.45, 2.75) is 316 Å². The van der Waals surface area contributed by atoms with E-state index in [0.717, 1.165) is 96.3 Å². The van der Waals surface area contributed by atoms with Crippen LogP contribution >= 0.6 is 0 Å². The molecule has 72 heavy (non-hydrogen) atoms. The summed E-state index contributed by atoms with van der Waals surface area (Å²) in [5, 5.41) is 0. The topological polar surface area (TPSA) is 78.9 Å². The first-order chi connectivity index (χ1) is 35.5. The van der Waals surface area contributed by atoms with E-state index >= 15 is 0 Å². The summed E-state index contributed by atoms with van der Waals surface area (Å²) in [6.45, 7) is 6.52. The Morgan fingerprint density at radius 1 is 0.292 bits per heavy atom. The van der Waals surface area contributed by atoms with Crippen molar-refractivity contribution in [2.24, 2.45) is 0 Å². The number of carbonyl (C=O) groups excluding carboxylic acids is 3. The summed E-state index contributed by atoms with van der Waals surface area (Å²) < 4.78 is 16.8. The summed E-state index contributed by atoms with van der Waals surface area (Å²) in [7, 11) is 0. The van der Waals surface area contributed by atoms with Crippen molar-refractivity contribution in [3.63, 3.8) is 0 Å². The number of hydrogen-bond donors (Lipinski definition) is 0. The number of rotatable bonds is 56. The van der Waals surface area contributed by atoms with Crippen LogP contribution in [-0.2, 0) is 28.6 Å². The zero-order valence-electron chi connectivity index (χ0n) is 47.7. The van der Waals surface area contributed by atoms with Gasteiger partial charge in [0.25, 0.3) is 0 Å². The second kappa shape index (κ2) is 60.4. The summed E-state index contributed by atoms with van der Waals surface area (Å²) in [5.41, 5.74) is 0. The predicted octanol–water partition coefficient (Wildman–Crippen LogP) is 20.9. The van der Waals surface area contributed by atoms with Crippen molar-refractivity contribution >= 4 is 17.9 Å². The molecule has 0 saturated heterocycles. The molecule has 1 atom stereocenters. The Morgan fingerprint density at radius 2 is 0.542 bits per heavy atom. The van der Waals surface area contributed by atoms with Gasteiger partial charge in [-0.1, -0.05) is 273 Å². The zero-order valence-corrected chi connectivity index (χ0v) is 47.7. The third-order valence-electron chi connectivity index (χ3n) is 13.4. The lowest BCUT2D eigenvalue weighted by Gasteiger charge is -2.18. The summed E-state index contributed by atoms with van der Waals surface area (Å²) in [5.74, 6) is -0.882. The Bertz CT molecular complexity index is 1340. The molecular formula is C66H116O6. The lowest BCUT2D eigenvalue weighted by molar-refractivity contribution is -0.167. The normalized spacial score (nSPS) is 12.5. The summed E-state index contributed by atoms with van der Waals surface area (Å²) in [4.78, 5) is 38.1. The minimum atomic E-state index is -0.778. The van der Waals surface area contributed by atoms with E-state index in [9.17, 15) is 14.4 Å². The Hall–Kier alpha value is -3.15. The van der Waals surface area contributed by atoms with Crippen LogP contribution in [0.3, 0.4) is 0 Å². The summed E-state index contributed by atoms with van der Waals surface area (Å²) in [6, 6.07) is 0. The van der Waals surface area contributed by atoms with E-state index in [-0.39, 0.29) is 31.1 Å². The second-order valence-electron chi connectivity index (χ2n) is 20.6. The first-order valence-corrected chi connectivity index (χ1v) is 30.9. The molecule has 0 aromatic heterocycles. The number of esters is 3. The van der Waals surface area contributed by atoms with E-state index in [4.69, 9.17) is 14.2 Å². The molecule has 0 bridgehead atoms. The van der Waals surface area contributed by atoms with Gasteiger partial charge < -0.3 is 14.2 Å². The number of ether oxygens (including phenoxy) is 3. The molecule has 416 valence electrons. The highest BCUT2D eigenvalue weighted by molar-refractivity contribution is 5.71. The van der Waals surface area contributed by atoms with Gasteiger partial charge in [-0.3, -0.25) is 14.4 Å². The van der Waals surface area contributed by atoms with E-state index in [2.05, 4.69) is 93.7 Å². The average molecular weight is 1010 g/mol. The maximum Gasteiger partial charge on any atom is 0.306 e. The Kier molecular flexibility index (Phi) is 57.8. The maximum atomic E-state index is 12.9. The van der Waals surface area contributed by atoms with Crippen LogP contribution in [0.25, 0.3) is 0 Å². The van der Waals surface area contributed by atoms with Crippen LogP contribution in [0.4, 0.5) is 0 Å². The van der Waals surface area contributed by atoms with Crippen molar-refractivity contribution in [1.29, 1.82) is 0 Å². The Labute approximate surface area is 446 Å². The second-order valence-corrected chi connectivity index (χ2v) is 20.6. The first kappa shape index (κ1) is 68.8. The van der Waals surface area contributed by atoms with E-state index in [1.54, 1.807) is 0 Å². The predicted molar refractivity (Wildman–Crippen MR) is 311 cm³/mol. The van der Waals surface area contributed by atoms with Crippen molar-refractivity contribution in [3.8, 4) is 0 Å². The highest BCUT2D eigenvalue weighted by atomic mass is 16.6.